The Bertz CT molecular complexity index is 563. The van der Waals surface area contributed by atoms with E-state index in [0.717, 1.165) is 32.0 Å². The molecule has 1 aromatic heterocycles. The van der Waals surface area contributed by atoms with Crippen molar-refractivity contribution < 1.29 is 9.53 Å². The Labute approximate surface area is 136 Å². The number of carbonyl (C=O) groups excluding carboxylic acids is 1. The second-order valence-electron chi connectivity index (χ2n) is 7.03. The number of ether oxygens (including phenoxy) is 1. The van der Waals surface area contributed by atoms with Gasteiger partial charge in [0.05, 0.1) is 12.1 Å². The van der Waals surface area contributed by atoms with Crippen molar-refractivity contribution in [1.82, 2.24) is 19.8 Å². The Morgan fingerprint density at radius 1 is 1.26 bits per heavy atom. The summed E-state index contributed by atoms with van der Waals surface area (Å²) in [5.74, 6) is 1.55. The molecule has 3 fully saturated rings. The van der Waals surface area contributed by atoms with Crippen LogP contribution < -0.4 is 0 Å². The van der Waals surface area contributed by atoms with Crippen LogP contribution in [0, 0.1) is 11.8 Å². The highest BCUT2D eigenvalue weighted by molar-refractivity contribution is 5.90. The summed E-state index contributed by atoms with van der Waals surface area (Å²) in [6.45, 7) is 3.90. The van der Waals surface area contributed by atoms with Gasteiger partial charge in [0.25, 0.3) is 5.91 Å². The molecule has 0 unspecified atom stereocenters. The van der Waals surface area contributed by atoms with Gasteiger partial charge < -0.3 is 14.5 Å². The first-order chi connectivity index (χ1) is 11.3. The smallest absolute Gasteiger partial charge is 0.291 e. The molecule has 3 atom stereocenters. The predicted octanol–water partition coefficient (Wildman–Crippen LogP) is 1.05. The van der Waals surface area contributed by atoms with Crippen molar-refractivity contribution in [2.45, 2.75) is 31.4 Å². The number of nitrogens with zero attached hydrogens (tertiary/aromatic N) is 4. The van der Waals surface area contributed by atoms with Gasteiger partial charge in [-0.25, -0.2) is 9.97 Å². The monoisotopic (exact) mass is 316 g/mol. The number of hydrogen-bond donors (Lipinski definition) is 0. The largest absolute Gasteiger partial charge is 0.381 e. The molecule has 2 saturated heterocycles. The molecule has 23 heavy (non-hydrogen) atoms. The molecule has 3 aliphatic rings. The van der Waals surface area contributed by atoms with Gasteiger partial charge >= 0.3 is 0 Å². The van der Waals surface area contributed by atoms with Gasteiger partial charge in [0, 0.05) is 51.6 Å². The second-order valence-corrected chi connectivity index (χ2v) is 7.03. The number of methoxy groups -OCH3 is 1. The van der Waals surface area contributed by atoms with Crippen molar-refractivity contribution in [1.29, 1.82) is 0 Å². The van der Waals surface area contributed by atoms with Crippen LogP contribution in [0.5, 0.6) is 0 Å². The summed E-state index contributed by atoms with van der Waals surface area (Å²) in [6.07, 6.45) is 7.14. The Morgan fingerprint density at radius 3 is 2.74 bits per heavy atom. The molecule has 1 aromatic rings. The minimum Gasteiger partial charge on any atom is -0.381 e. The van der Waals surface area contributed by atoms with Gasteiger partial charge in [0.2, 0.25) is 5.82 Å². The number of aromatic nitrogens is 2. The van der Waals surface area contributed by atoms with Crippen LogP contribution >= 0.6 is 0 Å². The molecular formula is C17H24N4O2. The molecule has 0 spiro atoms. The summed E-state index contributed by atoms with van der Waals surface area (Å²) >= 11 is 0. The van der Waals surface area contributed by atoms with Crippen molar-refractivity contribution in [2.75, 3.05) is 33.3 Å². The van der Waals surface area contributed by atoms with E-state index in [9.17, 15) is 4.79 Å². The zero-order chi connectivity index (χ0) is 15.8. The van der Waals surface area contributed by atoms with Crippen LogP contribution in [0.2, 0.25) is 0 Å². The number of likely N-dealkylation sites (tertiary alicyclic amines) is 2. The topological polar surface area (TPSA) is 58.6 Å². The minimum atomic E-state index is -0.0385. The van der Waals surface area contributed by atoms with Gasteiger partial charge in [-0.3, -0.25) is 4.79 Å². The lowest BCUT2D eigenvalue weighted by Gasteiger charge is -2.40. The molecule has 6 heteroatoms. The molecule has 1 amide bonds. The summed E-state index contributed by atoms with van der Waals surface area (Å²) in [5, 5.41) is 0. The van der Waals surface area contributed by atoms with Crippen molar-refractivity contribution >= 4 is 5.91 Å². The highest BCUT2D eigenvalue weighted by Crippen LogP contribution is 2.36. The minimum absolute atomic E-state index is 0.0385. The maximum absolute atomic E-state index is 12.8. The quantitative estimate of drug-likeness (QED) is 0.831. The van der Waals surface area contributed by atoms with Crippen LogP contribution in [0.1, 0.15) is 29.9 Å². The fourth-order valence-electron chi connectivity index (χ4n) is 4.13. The third-order valence-corrected chi connectivity index (χ3v) is 5.47. The summed E-state index contributed by atoms with van der Waals surface area (Å²) in [5.41, 5.74) is 0. The molecule has 124 valence electrons. The van der Waals surface area contributed by atoms with Crippen LogP contribution in [-0.4, -0.2) is 71.1 Å². The first kappa shape index (κ1) is 15.0. The van der Waals surface area contributed by atoms with E-state index < -0.39 is 0 Å². The van der Waals surface area contributed by atoms with E-state index in [2.05, 4.69) is 14.9 Å². The average molecular weight is 316 g/mol. The van der Waals surface area contributed by atoms with Crippen molar-refractivity contribution in [3.8, 4) is 0 Å². The third-order valence-electron chi connectivity index (χ3n) is 5.47. The third kappa shape index (κ3) is 2.97. The highest BCUT2D eigenvalue weighted by Gasteiger charge is 2.47. The van der Waals surface area contributed by atoms with E-state index >= 15 is 0 Å². The number of piperidine rings is 1. The first-order valence-electron chi connectivity index (χ1n) is 8.59. The van der Waals surface area contributed by atoms with Crippen LogP contribution in [0.4, 0.5) is 0 Å². The number of fused-ring (bicyclic) bond motifs is 1. The molecule has 6 nitrogen and oxygen atoms in total. The van der Waals surface area contributed by atoms with Gasteiger partial charge in [-0.05, 0) is 31.2 Å². The Morgan fingerprint density at radius 2 is 2.04 bits per heavy atom. The Hall–Kier alpha value is -1.53. The van der Waals surface area contributed by atoms with Crippen molar-refractivity contribution in [3.63, 3.8) is 0 Å². The van der Waals surface area contributed by atoms with Crippen LogP contribution in [-0.2, 0) is 4.74 Å². The van der Waals surface area contributed by atoms with Crippen LogP contribution in [0.25, 0.3) is 0 Å². The summed E-state index contributed by atoms with van der Waals surface area (Å²) in [6, 6.07) is 1.97. The van der Waals surface area contributed by atoms with Crippen molar-refractivity contribution in [3.05, 3.63) is 24.3 Å². The van der Waals surface area contributed by atoms with Crippen LogP contribution in [0.15, 0.2) is 18.5 Å². The van der Waals surface area contributed by atoms with E-state index in [1.165, 1.54) is 19.4 Å². The second kappa shape index (κ2) is 6.17. The molecule has 0 bridgehead atoms. The summed E-state index contributed by atoms with van der Waals surface area (Å²) in [4.78, 5) is 25.6. The van der Waals surface area contributed by atoms with Crippen molar-refractivity contribution in [2.24, 2.45) is 11.8 Å². The molecule has 0 aromatic carbocycles. The number of amides is 1. The molecule has 1 saturated carbocycles. The van der Waals surface area contributed by atoms with Gasteiger partial charge in [-0.15, -0.1) is 0 Å². The number of carbonyl (C=O) groups is 1. The zero-order valence-electron chi connectivity index (χ0n) is 13.6. The van der Waals surface area contributed by atoms with E-state index in [1.807, 2.05) is 4.90 Å². The first-order valence-corrected chi connectivity index (χ1v) is 8.59. The normalized spacial score (nSPS) is 31.2. The molecular weight excluding hydrogens is 292 g/mol. The SMILES string of the molecule is CO[C@@H]1CCN(C(=O)c2ncccn2)[C@@H]2CN(CC3CC3)C[C@@H]21. The predicted molar refractivity (Wildman–Crippen MR) is 84.9 cm³/mol. The van der Waals surface area contributed by atoms with Gasteiger partial charge in [-0.2, -0.15) is 0 Å². The molecule has 0 N–H and O–H groups in total. The fraction of sp³-hybridized carbons (Fsp3) is 0.706. The lowest BCUT2D eigenvalue weighted by atomic mass is 9.89. The van der Waals surface area contributed by atoms with E-state index in [0.29, 0.717) is 11.7 Å². The summed E-state index contributed by atoms with van der Waals surface area (Å²) in [7, 11) is 1.79. The molecule has 3 heterocycles. The van der Waals surface area contributed by atoms with E-state index in [1.54, 1.807) is 25.6 Å². The van der Waals surface area contributed by atoms with Gasteiger partial charge in [-0.1, -0.05) is 0 Å². The maximum Gasteiger partial charge on any atom is 0.291 e. The lowest BCUT2D eigenvalue weighted by Crippen LogP contribution is -2.53. The number of rotatable bonds is 4. The lowest BCUT2D eigenvalue weighted by molar-refractivity contribution is -0.0160. The van der Waals surface area contributed by atoms with Crippen LogP contribution in [0.3, 0.4) is 0 Å². The molecule has 4 rings (SSSR count). The zero-order valence-corrected chi connectivity index (χ0v) is 13.6. The standard InChI is InChI=1S/C17H24N4O2/c1-23-15-5-8-21(17(22)16-18-6-2-7-19-16)14-11-20(10-13(14)15)9-12-3-4-12/h2,6-7,12-15H,3-5,8-11H2,1H3/t13-,14+,15+/m0/s1. The van der Waals surface area contributed by atoms with Gasteiger partial charge in [0.15, 0.2) is 0 Å². The van der Waals surface area contributed by atoms with Gasteiger partial charge in [0.1, 0.15) is 0 Å². The Balaban J connectivity index is 1.52. The maximum atomic E-state index is 12.8. The Kier molecular flexibility index (Phi) is 4.03. The molecule has 0 radical (unpaired) electrons. The van der Waals surface area contributed by atoms with E-state index in [-0.39, 0.29) is 18.1 Å². The highest BCUT2D eigenvalue weighted by atomic mass is 16.5. The molecule has 1 aliphatic carbocycles. The number of hydrogen-bond acceptors (Lipinski definition) is 5. The summed E-state index contributed by atoms with van der Waals surface area (Å²) < 4.78 is 5.71. The average Bonchev–Trinajstić information content (AvgIpc) is 3.30. The fourth-order valence-corrected chi connectivity index (χ4v) is 4.13. The molecule has 2 aliphatic heterocycles. The van der Waals surface area contributed by atoms with E-state index in [4.69, 9.17) is 4.74 Å².